The molecule has 1 aliphatic rings. The molecule has 0 saturated carbocycles. The van der Waals surface area contributed by atoms with Crippen LogP contribution in [0.25, 0.3) is 10.9 Å². The van der Waals surface area contributed by atoms with E-state index in [1.54, 1.807) is 38.5 Å². The monoisotopic (exact) mass is 518 g/mol. The van der Waals surface area contributed by atoms with Crippen molar-refractivity contribution in [2.45, 2.75) is 23.8 Å². The first-order chi connectivity index (χ1) is 18.1. The van der Waals surface area contributed by atoms with Crippen LogP contribution in [0.1, 0.15) is 13.3 Å². The van der Waals surface area contributed by atoms with Gasteiger partial charge in [-0.05, 0) is 30.7 Å². The Morgan fingerprint density at radius 1 is 0.973 bits per heavy atom. The fraction of sp³-hybridized carbons (Fsp3) is 0.222. The second-order valence-electron chi connectivity index (χ2n) is 8.17. The first-order valence-corrected chi connectivity index (χ1v) is 12.6. The third-order valence-electron chi connectivity index (χ3n) is 5.75. The lowest BCUT2D eigenvalue weighted by molar-refractivity contribution is -0.115. The Bertz CT molecular complexity index is 1430. The molecule has 0 aliphatic carbocycles. The number of ether oxygens (including phenoxy) is 4. The van der Waals surface area contributed by atoms with Gasteiger partial charge in [0.1, 0.15) is 17.3 Å². The van der Waals surface area contributed by atoms with Crippen molar-refractivity contribution in [2.24, 2.45) is 0 Å². The highest BCUT2D eigenvalue weighted by Gasteiger charge is 2.22. The lowest BCUT2D eigenvalue weighted by Gasteiger charge is -2.16. The third-order valence-corrected chi connectivity index (χ3v) is 6.97. The average molecular weight is 519 g/mol. The third kappa shape index (κ3) is 5.49. The molecule has 1 aliphatic heterocycles. The molecular formula is C27H26N4O5S. The number of rotatable bonds is 9. The van der Waals surface area contributed by atoms with Gasteiger partial charge in [0.05, 0.1) is 25.0 Å². The van der Waals surface area contributed by atoms with E-state index in [1.165, 1.54) is 11.8 Å². The number of fused-ring (bicyclic) bond motifs is 2. The number of nitrogens with one attached hydrogen (secondary N) is 2. The van der Waals surface area contributed by atoms with Crippen LogP contribution in [0.3, 0.4) is 0 Å². The van der Waals surface area contributed by atoms with Gasteiger partial charge in [-0.25, -0.2) is 9.97 Å². The maximum atomic E-state index is 13.1. The number of amides is 1. The summed E-state index contributed by atoms with van der Waals surface area (Å²) in [6.07, 6.45) is 0.590. The van der Waals surface area contributed by atoms with Crippen LogP contribution in [0.15, 0.2) is 65.8 Å². The summed E-state index contributed by atoms with van der Waals surface area (Å²) in [4.78, 5) is 22.6. The van der Waals surface area contributed by atoms with Crippen molar-refractivity contribution < 1.29 is 23.7 Å². The first-order valence-electron chi connectivity index (χ1n) is 11.7. The highest BCUT2D eigenvalue weighted by Crippen LogP contribution is 2.35. The minimum absolute atomic E-state index is 0.143. The topological polar surface area (TPSA) is 104 Å². The molecule has 37 heavy (non-hydrogen) atoms. The molecule has 0 bridgehead atoms. The summed E-state index contributed by atoms with van der Waals surface area (Å²) in [5.74, 6) is 3.06. The number of hydrogen-bond acceptors (Lipinski definition) is 9. The minimum atomic E-state index is -0.406. The highest BCUT2D eigenvalue weighted by atomic mass is 32.2. The smallest absolute Gasteiger partial charge is 0.237 e. The van der Waals surface area contributed by atoms with E-state index in [0.29, 0.717) is 46.1 Å². The molecular weight excluding hydrogens is 492 g/mol. The molecule has 9 nitrogen and oxygen atoms in total. The van der Waals surface area contributed by atoms with Crippen molar-refractivity contribution in [3.8, 4) is 23.0 Å². The number of hydrogen-bond donors (Lipinski definition) is 2. The molecule has 0 fully saturated rings. The van der Waals surface area contributed by atoms with Crippen LogP contribution >= 0.6 is 11.8 Å². The van der Waals surface area contributed by atoms with Gasteiger partial charge in [-0.15, -0.1) is 0 Å². The molecule has 2 N–H and O–H groups in total. The number of anilines is 3. The second kappa shape index (κ2) is 10.8. The molecule has 2 heterocycles. The van der Waals surface area contributed by atoms with Crippen molar-refractivity contribution >= 4 is 45.8 Å². The van der Waals surface area contributed by atoms with Gasteiger partial charge < -0.3 is 29.6 Å². The van der Waals surface area contributed by atoms with Crippen LogP contribution in [0.2, 0.25) is 0 Å². The standard InChI is InChI=1S/C27H26N4O5S/c1-4-24(26(32)29-16-9-10-22-23(13-16)36-15-35-22)37-27-30-21-8-6-5-7-20(21)25(31-27)28-17-11-18(33-2)14-19(12-17)34-3/h5-14,24H,4,15H2,1-3H3,(H,29,32)(H,28,30,31)/t24-/m1/s1. The number of benzene rings is 3. The molecule has 1 atom stereocenters. The van der Waals surface area contributed by atoms with Gasteiger partial charge >= 0.3 is 0 Å². The molecule has 4 aromatic rings. The zero-order chi connectivity index (χ0) is 25.8. The number of para-hydroxylation sites is 1. The van der Waals surface area contributed by atoms with E-state index in [1.807, 2.05) is 43.3 Å². The lowest BCUT2D eigenvalue weighted by atomic mass is 10.2. The van der Waals surface area contributed by atoms with Crippen molar-refractivity contribution in [1.82, 2.24) is 9.97 Å². The Morgan fingerprint density at radius 2 is 1.73 bits per heavy atom. The largest absolute Gasteiger partial charge is 0.497 e. The van der Waals surface area contributed by atoms with Crippen molar-refractivity contribution in [2.75, 3.05) is 31.6 Å². The molecule has 1 amide bonds. The maximum absolute atomic E-state index is 13.1. The first kappa shape index (κ1) is 24.5. The normalized spacial score (nSPS) is 12.7. The Labute approximate surface area is 218 Å². The molecule has 3 aromatic carbocycles. The van der Waals surface area contributed by atoms with Gasteiger partial charge in [0.2, 0.25) is 12.7 Å². The Hall–Kier alpha value is -4.18. The van der Waals surface area contributed by atoms with E-state index in [2.05, 4.69) is 10.6 Å². The van der Waals surface area contributed by atoms with Crippen molar-refractivity contribution in [3.05, 3.63) is 60.7 Å². The average Bonchev–Trinajstić information content (AvgIpc) is 3.39. The maximum Gasteiger partial charge on any atom is 0.237 e. The van der Waals surface area contributed by atoms with Gasteiger partial charge in [-0.3, -0.25) is 4.79 Å². The van der Waals surface area contributed by atoms with Crippen LogP contribution in [-0.2, 0) is 4.79 Å². The summed E-state index contributed by atoms with van der Waals surface area (Å²) in [5, 5.41) is 7.27. The summed E-state index contributed by atoms with van der Waals surface area (Å²) in [6.45, 7) is 2.14. The van der Waals surface area contributed by atoms with Gasteiger partial charge in [-0.1, -0.05) is 30.8 Å². The van der Waals surface area contributed by atoms with Crippen LogP contribution in [-0.4, -0.2) is 42.1 Å². The Kier molecular flexibility index (Phi) is 7.18. The quantitative estimate of drug-likeness (QED) is 0.215. The number of carbonyl (C=O) groups is 1. The fourth-order valence-electron chi connectivity index (χ4n) is 3.87. The molecule has 190 valence electrons. The molecule has 0 spiro atoms. The van der Waals surface area contributed by atoms with E-state index in [9.17, 15) is 4.79 Å². The summed E-state index contributed by atoms with van der Waals surface area (Å²) in [5.41, 5.74) is 2.16. The number of aromatic nitrogens is 2. The predicted octanol–water partition coefficient (Wildman–Crippen LogP) is 5.63. The van der Waals surface area contributed by atoms with Gasteiger partial charge in [0.15, 0.2) is 16.7 Å². The van der Waals surface area contributed by atoms with Crippen LogP contribution in [0, 0.1) is 0 Å². The molecule has 10 heteroatoms. The predicted molar refractivity (Wildman–Crippen MR) is 143 cm³/mol. The number of carbonyl (C=O) groups excluding carboxylic acids is 1. The van der Waals surface area contributed by atoms with E-state index in [0.717, 1.165) is 16.6 Å². The molecule has 5 rings (SSSR count). The summed E-state index contributed by atoms with van der Waals surface area (Å²) in [6, 6.07) is 18.6. The second-order valence-corrected chi connectivity index (χ2v) is 9.34. The van der Waals surface area contributed by atoms with Gasteiger partial charge in [-0.2, -0.15) is 0 Å². The molecule has 1 aromatic heterocycles. The Morgan fingerprint density at radius 3 is 2.49 bits per heavy atom. The molecule has 0 saturated heterocycles. The minimum Gasteiger partial charge on any atom is -0.497 e. The summed E-state index contributed by atoms with van der Waals surface area (Å²) < 4.78 is 21.6. The van der Waals surface area contributed by atoms with Gasteiger partial charge in [0, 0.05) is 41.0 Å². The van der Waals surface area contributed by atoms with Crippen LogP contribution in [0.4, 0.5) is 17.2 Å². The molecule has 0 radical (unpaired) electrons. The zero-order valence-corrected chi connectivity index (χ0v) is 21.4. The van der Waals surface area contributed by atoms with E-state index in [4.69, 9.17) is 28.9 Å². The SMILES string of the molecule is CC[C@@H](Sc1nc(Nc2cc(OC)cc(OC)c2)c2ccccc2n1)C(=O)Nc1ccc2c(c1)OCO2. The summed E-state index contributed by atoms with van der Waals surface area (Å²) in [7, 11) is 3.21. The van der Waals surface area contributed by atoms with E-state index >= 15 is 0 Å². The van der Waals surface area contributed by atoms with E-state index < -0.39 is 5.25 Å². The van der Waals surface area contributed by atoms with Crippen LogP contribution < -0.4 is 29.6 Å². The zero-order valence-electron chi connectivity index (χ0n) is 20.6. The number of methoxy groups -OCH3 is 2. The fourth-order valence-corrected chi connectivity index (χ4v) is 4.75. The van der Waals surface area contributed by atoms with Crippen LogP contribution in [0.5, 0.6) is 23.0 Å². The Balaban J connectivity index is 1.40. The van der Waals surface area contributed by atoms with Gasteiger partial charge in [0.25, 0.3) is 0 Å². The lowest BCUT2D eigenvalue weighted by Crippen LogP contribution is -2.24. The highest BCUT2D eigenvalue weighted by molar-refractivity contribution is 8.00. The summed E-state index contributed by atoms with van der Waals surface area (Å²) >= 11 is 1.32. The molecule has 0 unspecified atom stereocenters. The van der Waals surface area contributed by atoms with Crippen molar-refractivity contribution in [3.63, 3.8) is 0 Å². The van der Waals surface area contributed by atoms with E-state index in [-0.39, 0.29) is 12.7 Å². The number of thioether (sulfide) groups is 1. The van der Waals surface area contributed by atoms with Crippen molar-refractivity contribution in [1.29, 1.82) is 0 Å². The number of nitrogens with zero attached hydrogens (tertiary/aromatic N) is 2.